The van der Waals surface area contributed by atoms with Crippen LogP contribution in [-0.2, 0) is 4.79 Å². The standard InChI is InChI=1S/C25H39N5O2.HI/c1-26-25(28-21-12-15-30(18-21)24(31)19-8-3-4-9-19)27-17-23(29-13-5-6-14-29)20-10-7-11-22(16-20)32-2;/h7,10-11,16,19,21,23H,3-6,8-9,12-15,17-18H2,1-2H3,(H2,26,27,28);1H. The lowest BCUT2D eigenvalue weighted by molar-refractivity contribution is -0.134. The van der Waals surface area contributed by atoms with Gasteiger partial charge in [0.2, 0.25) is 5.91 Å². The second kappa shape index (κ2) is 12.8. The third-order valence-corrected chi connectivity index (χ3v) is 7.29. The predicted molar refractivity (Wildman–Crippen MR) is 143 cm³/mol. The first-order valence-electron chi connectivity index (χ1n) is 12.3. The van der Waals surface area contributed by atoms with Crippen molar-refractivity contribution >= 4 is 35.8 Å². The van der Waals surface area contributed by atoms with Crippen molar-refractivity contribution in [3.8, 4) is 5.75 Å². The minimum atomic E-state index is 0. The number of aliphatic imine (C=N–C) groups is 1. The Labute approximate surface area is 215 Å². The molecule has 33 heavy (non-hydrogen) atoms. The van der Waals surface area contributed by atoms with Gasteiger partial charge in [-0.15, -0.1) is 24.0 Å². The third kappa shape index (κ3) is 6.74. The molecule has 1 aliphatic carbocycles. The first-order chi connectivity index (χ1) is 15.7. The zero-order valence-corrected chi connectivity index (χ0v) is 22.4. The van der Waals surface area contributed by atoms with Crippen LogP contribution < -0.4 is 15.4 Å². The molecule has 1 aromatic rings. The minimum Gasteiger partial charge on any atom is -0.497 e. The number of ether oxygens (including phenoxy) is 1. The van der Waals surface area contributed by atoms with Crippen molar-refractivity contribution in [2.45, 2.75) is 57.0 Å². The number of guanidine groups is 1. The summed E-state index contributed by atoms with van der Waals surface area (Å²) >= 11 is 0. The summed E-state index contributed by atoms with van der Waals surface area (Å²) in [6.45, 7) is 4.66. The Bertz CT molecular complexity index is 793. The van der Waals surface area contributed by atoms with Gasteiger partial charge in [-0.3, -0.25) is 14.7 Å². The van der Waals surface area contributed by atoms with E-state index in [0.717, 1.165) is 63.7 Å². The van der Waals surface area contributed by atoms with E-state index in [9.17, 15) is 4.79 Å². The highest BCUT2D eigenvalue weighted by Crippen LogP contribution is 2.28. The molecule has 0 aromatic heterocycles. The Balaban J connectivity index is 0.00000306. The van der Waals surface area contributed by atoms with Crippen molar-refractivity contribution in [3.63, 3.8) is 0 Å². The number of carbonyl (C=O) groups is 1. The fourth-order valence-electron chi connectivity index (χ4n) is 5.45. The van der Waals surface area contributed by atoms with Crippen molar-refractivity contribution in [3.05, 3.63) is 29.8 Å². The smallest absolute Gasteiger partial charge is 0.225 e. The topological polar surface area (TPSA) is 69.2 Å². The molecule has 1 amide bonds. The molecular weight excluding hydrogens is 529 g/mol. The van der Waals surface area contributed by atoms with Crippen LogP contribution in [0.25, 0.3) is 0 Å². The number of benzene rings is 1. The van der Waals surface area contributed by atoms with Gasteiger partial charge in [0.25, 0.3) is 0 Å². The average Bonchev–Trinajstić information content (AvgIpc) is 3.61. The van der Waals surface area contributed by atoms with E-state index in [0.29, 0.717) is 5.91 Å². The van der Waals surface area contributed by atoms with Crippen LogP contribution in [-0.4, -0.2) is 74.6 Å². The van der Waals surface area contributed by atoms with Gasteiger partial charge < -0.3 is 20.3 Å². The van der Waals surface area contributed by atoms with Crippen molar-refractivity contribution in [1.29, 1.82) is 0 Å². The van der Waals surface area contributed by atoms with E-state index < -0.39 is 0 Å². The van der Waals surface area contributed by atoms with E-state index in [-0.39, 0.29) is 42.0 Å². The van der Waals surface area contributed by atoms with Gasteiger partial charge in [0.1, 0.15) is 5.75 Å². The molecule has 4 rings (SSSR count). The van der Waals surface area contributed by atoms with Crippen LogP contribution in [0, 0.1) is 5.92 Å². The zero-order chi connectivity index (χ0) is 22.3. The highest BCUT2D eigenvalue weighted by atomic mass is 127. The summed E-state index contributed by atoms with van der Waals surface area (Å²) < 4.78 is 5.46. The van der Waals surface area contributed by atoms with Gasteiger partial charge in [0, 0.05) is 38.6 Å². The van der Waals surface area contributed by atoms with E-state index in [2.05, 4.69) is 43.6 Å². The van der Waals surface area contributed by atoms with Crippen LogP contribution in [0.5, 0.6) is 5.75 Å². The lowest BCUT2D eigenvalue weighted by Gasteiger charge is -2.29. The van der Waals surface area contributed by atoms with Crippen molar-refractivity contribution < 1.29 is 9.53 Å². The van der Waals surface area contributed by atoms with Crippen molar-refractivity contribution in [2.75, 3.05) is 46.9 Å². The van der Waals surface area contributed by atoms with E-state index in [1.54, 1.807) is 7.11 Å². The fourth-order valence-corrected chi connectivity index (χ4v) is 5.45. The highest BCUT2D eigenvalue weighted by Gasteiger charge is 2.32. The molecule has 3 fully saturated rings. The molecule has 1 saturated carbocycles. The van der Waals surface area contributed by atoms with Gasteiger partial charge in [-0.25, -0.2) is 0 Å². The van der Waals surface area contributed by atoms with Gasteiger partial charge in [0.05, 0.1) is 13.2 Å². The molecule has 8 heteroatoms. The molecule has 2 aliphatic heterocycles. The monoisotopic (exact) mass is 569 g/mol. The summed E-state index contributed by atoms with van der Waals surface area (Å²) in [6, 6.07) is 8.93. The van der Waals surface area contributed by atoms with Gasteiger partial charge in [0.15, 0.2) is 5.96 Å². The molecule has 2 N–H and O–H groups in total. The Hall–Kier alpha value is -1.55. The van der Waals surface area contributed by atoms with Crippen molar-refractivity contribution in [2.24, 2.45) is 10.9 Å². The molecule has 3 aliphatic rings. The first kappa shape index (κ1) is 26.1. The van der Waals surface area contributed by atoms with Crippen LogP contribution in [0.3, 0.4) is 0 Å². The van der Waals surface area contributed by atoms with E-state index in [4.69, 9.17) is 4.74 Å². The summed E-state index contributed by atoms with van der Waals surface area (Å²) in [5, 5.41) is 7.12. The second-order valence-electron chi connectivity index (χ2n) is 9.38. The molecular formula is C25H40IN5O2. The molecule has 2 atom stereocenters. The Morgan fingerprint density at radius 3 is 2.61 bits per heavy atom. The van der Waals surface area contributed by atoms with E-state index >= 15 is 0 Å². The lowest BCUT2D eigenvalue weighted by Crippen LogP contribution is -2.47. The van der Waals surface area contributed by atoms with Crippen LogP contribution in [0.15, 0.2) is 29.3 Å². The largest absolute Gasteiger partial charge is 0.497 e. The number of hydrogen-bond donors (Lipinski definition) is 2. The summed E-state index contributed by atoms with van der Waals surface area (Å²) in [4.78, 5) is 21.8. The molecule has 0 radical (unpaired) electrons. The maximum Gasteiger partial charge on any atom is 0.225 e. The number of halogens is 1. The predicted octanol–water partition coefficient (Wildman–Crippen LogP) is 3.41. The second-order valence-corrected chi connectivity index (χ2v) is 9.38. The van der Waals surface area contributed by atoms with Gasteiger partial charge in [-0.05, 0) is 62.9 Å². The maximum absolute atomic E-state index is 12.8. The molecule has 2 heterocycles. The SMILES string of the molecule is CN=C(NCC(c1cccc(OC)c1)N1CCCC1)NC1CCN(C(=O)C2CCCC2)C1.I. The zero-order valence-electron chi connectivity index (χ0n) is 20.1. The number of nitrogens with one attached hydrogen (secondary N) is 2. The Kier molecular flexibility index (Phi) is 10.1. The summed E-state index contributed by atoms with van der Waals surface area (Å²) in [6.07, 6.45) is 8.02. The maximum atomic E-state index is 12.8. The van der Waals surface area contributed by atoms with Gasteiger partial charge in [-0.2, -0.15) is 0 Å². The van der Waals surface area contributed by atoms with Crippen LogP contribution in [0.1, 0.15) is 56.6 Å². The van der Waals surface area contributed by atoms with Gasteiger partial charge >= 0.3 is 0 Å². The van der Waals surface area contributed by atoms with E-state index in [1.165, 1.54) is 31.2 Å². The van der Waals surface area contributed by atoms with Crippen molar-refractivity contribution in [1.82, 2.24) is 20.4 Å². The summed E-state index contributed by atoms with van der Waals surface area (Å²) in [7, 11) is 3.54. The number of methoxy groups -OCH3 is 1. The molecule has 0 bridgehead atoms. The normalized spacial score (nSPS) is 22.8. The average molecular weight is 570 g/mol. The Morgan fingerprint density at radius 1 is 1.15 bits per heavy atom. The third-order valence-electron chi connectivity index (χ3n) is 7.29. The quantitative estimate of drug-likeness (QED) is 0.300. The number of likely N-dealkylation sites (tertiary alicyclic amines) is 2. The molecule has 2 saturated heterocycles. The minimum absolute atomic E-state index is 0. The summed E-state index contributed by atoms with van der Waals surface area (Å²) in [5.41, 5.74) is 1.27. The molecule has 1 aromatic carbocycles. The molecule has 2 unspecified atom stereocenters. The highest BCUT2D eigenvalue weighted by molar-refractivity contribution is 14.0. The lowest BCUT2D eigenvalue weighted by atomic mass is 10.1. The Morgan fingerprint density at radius 2 is 1.91 bits per heavy atom. The fraction of sp³-hybridized carbons (Fsp3) is 0.680. The summed E-state index contributed by atoms with van der Waals surface area (Å²) in [5.74, 6) is 2.33. The molecule has 0 spiro atoms. The van der Waals surface area contributed by atoms with Gasteiger partial charge in [-0.1, -0.05) is 25.0 Å². The number of nitrogens with zero attached hydrogens (tertiary/aromatic N) is 3. The van der Waals surface area contributed by atoms with Crippen LogP contribution in [0.2, 0.25) is 0 Å². The number of carbonyl (C=O) groups excluding carboxylic acids is 1. The molecule has 7 nitrogen and oxygen atoms in total. The number of amides is 1. The van der Waals surface area contributed by atoms with Crippen LogP contribution in [0.4, 0.5) is 0 Å². The number of hydrogen-bond acceptors (Lipinski definition) is 4. The number of rotatable bonds is 7. The van der Waals surface area contributed by atoms with Crippen LogP contribution >= 0.6 is 24.0 Å². The molecule has 184 valence electrons. The van der Waals surface area contributed by atoms with E-state index in [1.807, 2.05) is 13.1 Å². The first-order valence-corrected chi connectivity index (χ1v) is 12.3.